The third kappa shape index (κ3) is 5.08. The molecule has 0 radical (unpaired) electrons. The van der Waals surface area contributed by atoms with Crippen LogP contribution in [0.3, 0.4) is 0 Å². The Bertz CT molecular complexity index is 811. The van der Waals surface area contributed by atoms with E-state index in [0.29, 0.717) is 30.4 Å². The lowest BCUT2D eigenvalue weighted by molar-refractivity contribution is -0.119. The van der Waals surface area contributed by atoms with Crippen LogP contribution in [0.25, 0.3) is 11.1 Å². The highest BCUT2D eigenvalue weighted by Crippen LogP contribution is 2.31. The summed E-state index contributed by atoms with van der Waals surface area (Å²) >= 11 is 0. The molecule has 1 aliphatic heterocycles. The third-order valence-corrected chi connectivity index (χ3v) is 4.54. The van der Waals surface area contributed by atoms with Gasteiger partial charge in [0.15, 0.2) is 6.61 Å². The molecule has 1 atom stereocenters. The number of primary amides is 1. The number of aryl methyl sites for hydroxylation is 1. The molecule has 1 heterocycles. The highest BCUT2D eigenvalue weighted by atomic mass is 16.5. The van der Waals surface area contributed by atoms with Crippen LogP contribution in [-0.4, -0.2) is 38.2 Å². The Labute approximate surface area is 158 Å². The molecule has 2 amide bonds. The zero-order valence-corrected chi connectivity index (χ0v) is 15.4. The van der Waals surface area contributed by atoms with Crippen LogP contribution in [0.2, 0.25) is 0 Å². The monoisotopic (exact) mass is 368 g/mol. The summed E-state index contributed by atoms with van der Waals surface area (Å²) < 4.78 is 10.8. The predicted octanol–water partition coefficient (Wildman–Crippen LogP) is 2.29. The zero-order chi connectivity index (χ0) is 19.2. The van der Waals surface area contributed by atoms with Gasteiger partial charge in [-0.05, 0) is 43.2 Å². The second kappa shape index (κ2) is 8.68. The minimum Gasteiger partial charge on any atom is -0.483 e. The SMILES string of the molecule is Cc1ccc(OCC(N)=O)c(-c2ccc(C(=O)NC[C@H]3CCOC3)cc2)c1. The van der Waals surface area contributed by atoms with E-state index in [-0.39, 0.29) is 12.5 Å². The smallest absolute Gasteiger partial charge is 0.255 e. The predicted molar refractivity (Wildman–Crippen MR) is 103 cm³/mol. The van der Waals surface area contributed by atoms with E-state index in [1.54, 1.807) is 12.1 Å². The van der Waals surface area contributed by atoms with Crippen molar-refractivity contribution in [3.05, 3.63) is 53.6 Å². The maximum atomic E-state index is 12.3. The Kier molecular flexibility index (Phi) is 6.08. The number of carbonyl (C=O) groups excluding carboxylic acids is 2. The van der Waals surface area contributed by atoms with Crippen molar-refractivity contribution in [2.45, 2.75) is 13.3 Å². The van der Waals surface area contributed by atoms with Gasteiger partial charge >= 0.3 is 0 Å². The molecule has 3 N–H and O–H groups in total. The van der Waals surface area contributed by atoms with Gasteiger partial charge < -0.3 is 20.5 Å². The third-order valence-electron chi connectivity index (χ3n) is 4.54. The first-order chi connectivity index (χ1) is 13.0. The molecule has 0 saturated carbocycles. The summed E-state index contributed by atoms with van der Waals surface area (Å²) in [6.45, 7) is 3.91. The van der Waals surface area contributed by atoms with Gasteiger partial charge in [-0.25, -0.2) is 0 Å². The molecule has 0 spiro atoms. The zero-order valence-electron chi connectivity index (χ0n) is 15.4. The van der Waals surface area contributed by atoms with Crippen molar-refractivity contribution in [3.63, 3.8) is 0 Å². The lowest BCUT2D eigenvalue weighted by Gasteiger charge is -2.13. The van der Waals surface area contributed by atoms with Crippen LogP contribution < -0.4 is 15.8 Å². The topological polar surface area (TPSA) is 90.7 Å². The van der Waals surface area contributed by atoms with Gasteiger partial charge in [0.1, 0.15) is 5.75 Å². The number of carbonyl (C=O) groups is 2. The second-order valence-electron chi connectivity index (χ2n) is 6.77. The molecule has 1 fully saturated rings. The van der Waals surface area contributed by atoms with Crippen LogP contribution in [0, 0.1) is 12.8 Å². The number of nitrogens with two attached hydrogens (primary N) is 1. The van der Waals surface area contributed by atoms with E-state index in [2.05, 4.69) is 5.32 Å². The van der Waals surface area contributed by atoms with E-state index in [0.717, 1.165) is 29.7 Å². The first kappa shape index (κ1) is 18.9. The van der Waals surface area contributed by atoms with Crippen molar-refractivity contribution in [2.24, 2.45) is 11.7 Å². The van der Waals surface area contributed by atoms with E-state index in [9.17, 15) is 9.59 Å². The molecule has 3 rings (SSSR count). The van der Waals surface area contributed by atoms with Crippen LogP contribution >= 0.6 is 0 Å². The summed E-state index contributed by atoms with van der Waals surface area (Å²) in [5, 5.41) is 2.96. The first-order valence-corrected chi connectivity index (χ1v) is 9.01. The average molecular weight is 368 g/mol. The van der Waals surface area contributed by atoms with Gasteiger partial charge in [-0.1, -0.05) is 23.8 Å². The van der Waals surface area contributed by atoms with Gasteiger partial charge in [-0.15, -0.1) is 0 Å². The van der Waals surface area contributed by atoms with E-state index in [1.165, 1.54) is 0 Å². The molecule has 0 aliphatic carbocycles. The van der Waals surface area contributed by atoms with Gasteiger partial charge in [0.05, 0.1) is 6.61 Å². The summed E-state index contributed by atoms with van der Waals surface area (Å²) in [5.41, 5.74) is 8.59. The largest absolute Gasteiger partial charge is 0.483 e. The lowest BCUT2D eigenvalue weighted by atomic mass is 10.0. The minimum absolute atomic E-state index is 0.0945. The second-order valence-corrected chi connectivity index (χ2v) is 6.77. The summed E-state index contributed by atoms with van der Waals surface area (Å²) in [6.07, 6.45) is 0.987. The average Bonchev–Trinajstić information content (AvgIpc) is 3.18. The molecule has 2 aromatic rings. The summed E-state index contributed by atoms with van der Waals surface area (Å²) in [7, 11) is 0. The van der Waals surface area contributed by atoms with Crippen molar-refractivity contribution >= 4 is 11.8 Å². The molecule has 6 nitrogen and oxygen atoms in total. The summed E-state index contributed by atoms with van der Waals surface area (Å²) in [4.78, 5) is 23.3. The number of nitrogens with one attached hydrogen (secondary N) is 1. The summed E-state index contributed by atoms with van der Waals surface area (Å²) in [6, 6.07) is 13.0. The number of amides is 2. The molecular formula is C21H24N2O4. The quantitative estimate of drug-likeness (QED) is 0.784. The van der Waals surface area contributed by atoms with Crippen LogP contribution in [-0.2, 0) is 9.53 Å². The highest BCUT2D eigenvalue weighted by Gasteiger charge is 2.17. The maximum absolute atomic E-state index is 12.3. The number of rotatable bonds is 7. The first-order valence-electron chi connectivity index (χ1n) is 9.01. The van der Waals surface area contributed by atoms with Crippen molar-refractivity contribution in [2.75, 3.05) is 26.4 Å². The van der Waals surface area contributed by atoms with Crippen LogP contribution in [0.15, 0.2) is 42.5 Å². The molecule has 27 heavy (non-hydrogen) atoms. The van der Waals surface area contributed by atoms with Crippen LogP contribution in [0.5, 0.6) is 5.75 Å². The molecule has 0 aromatic heterocycles. The maximum Gasteiger partial charge on any atom is 0.255 e. The van der Waals surface area contributed by atoms with Gasteiger partial charge in [-0.2, -0.15) is 0 Å². The van der Waals surface area contributed by atoms with Gasteiger partial charge in [0, 0.05) is 30.2 Å². The highest BCUT2D eigenvalue weighted by molar-refractivity contribution is 5.94. The Hall–Kier alpha value is -2.86. The fourth-order valence-corrected chi connectivity index (χ4v) is 3.03. The van der Waals surface area contributed by atoms with Crippen LogP contribution in [0.1, 0.15) is 22.3 Å². The number of benzene rings is 2. The molecule has 0 unspecified atom stereocenters. The molecule has 6 heteroatoms. The summed E-state index contributed by atoms with van der Waals surface area (Å²) in [5.74, 6) is 0.354. The van der Waals surface area contributed by atoms with Gasteiger partial charge in [0.2, 0.25) is 0 Å². The number of ether oxygens (including phenoxy) is 2. The number of hydrogen-bond acceptors (Lipinski definition) is 4. The Morgan fingerprint density at radius 3 is 2.67 bits per heavy atom. The van der Waals surface area contributed by atoms with Crippen molar-refractivity contribution in [1.29, 1.82) is 0 Å². The van der Waals surface area contributed by atoms with Crippen molar-refractivity contribution < 1.29 is 19.1 Å². The fourth-order valence-electron chi connectivity index (χ4n) is 3.03. The lowest BCUT2D eigenvalue weighted by Crippen LogP contribution is -2.29. The molecule has 142 valence electrons. The minimum atomic E-state index is -0.527. The standard InChI is InChI=1S/C21H24N2O4/c1-14-2-7-19(27-13-20(22)24)18(10-14)16-3-5-17(6-4-16)21(25)23-11-15-8-9-26-12-15/h2-7,10,15H,8-9,11-13H2,1H3,(H2,22,24)(H,23,25)/t15-/m1/s1. The van der Waals surface area contributed by atoms with E-state index in [1.807, 2.05) is 37.3 Å². The number of hydrogen-bond donors (Lipinski definition) is 2. The van der Waals surface area contributed by atoms with E-state index >= 15 is 0 Å². The Morgan fingerprint density at radius 2 is 2.00 bits per heavy atom. The van der Waals surface area contributed by atoms with Gasteiger partial charge in [0.25, 0.3) is 11.8 Å². The van der Waals surface area contributed by atoms with Crippen molar-refractivity contribution in [1.82, 2.24) is 5.32 Å². The Morgan fingerprint density at radius 1 is 1.22 bits per heavy atom. The van der Waals surface area contributed by atoms with Crippen LogP contribution in [0.4, 0.5) is 0 Å². The Balaban J connectivity index is 1.71. The molecule has 1 saturated heterocycles. The molecule has 1 aliphatic rings. The molecular weight excluding hydrogens is 344 g/mol. The van der Waals surface area contributed by atoms with Gasteiger partial charge in [-0.3, -0.25) is 9.59 Å². The van der Waals surface area contributed by atoms with E-state index in [4.69, 9.17) is 15.2 Å². The van der Waals surface area contributed by atoms with Crippen molar-refractivity contribution in [3.8, 4) is 16.9 Å². The van der Waals surface area contributed by atoms with E-state index < -0.39 is 5.91 Å². The fraction of sp³-hybridized carbons (Fsp3) is 0.333. The normalized spacial score (nSPS) is 16.1. The molecule has 2 aromatic carbocycles. The molecule has 0 bridgehead atoms.